The molecular formula is C23H26N2O2S2. The average molecular weight is 427 g/mol. The number of rotatable bonds is 7. The van der Waals surface area contributed by atoms with Crippen molar-refractivity contribution in [1.29, 1.82) is 0 Å². The van der Waals surface area contributed by atoms with Crippen LogP contribution in [0, 0.1) is 5.92 Å². The SMILES string of the molecule is CCn1c(SCCCC(=O)c2ccccc2)nc2sc3c(c2c1=O)CCC(C)C3. The van der Waals surface area contributed by atoms with Gasteiger partial charge in [0.15, 0.2) is 10.9 Å². The van der Waals surface area contributed by atoms with E-state index >= 15 is 0 Å². The molecule has 4 rings (SSSR count). The summed E-state index contributed by atoms with van der Waals surface area (Å²) >= 11 is 3.29. The molecule has 0 radical (unpaired) electrons. The first-order valence-corrected chi connectivity index (χ1v) is 12.1. The lowest BCUT2D eigenvalue weighted by molar-refractivity contribution is 0.0982. The van der Waals surface area contributed by atoms with E-state index in [0.29, 0.717) is 18.9 Å². The summed E-state index contributed by atoms with van der Waals surface area (Å²) < 4.78 is 1.80. The van der Waals surface area contributed by atoms with E-state index in [2.05, 4.69) is 6.92 Å². The zero-order valence-corrected chi connectivity index (χ0v) is 18.6. The number of thioether (sulfide) groups is 1. The number of ketones is 1. The predicted molar refractivity (Wildman–Crippen MR) is 121 cm³/mol. The summed E-state index contributed by atoms with van der Waals surface area (Å²) in [6.45, 7) is 4.90. The highest BCUT2D eigenvalue weighted by Crippen LogP contribution is 2.36. The standard InChI is InChI=1S/C23H26N2O2S2/c1-3-25-22(27)20-17-12-11-15(2)14-19(17)29-21(20)24-23(25)28-13-7-10-18(26)16-8-5-4-6-9-16/h4-6,8-9,15H,3,7,10-14H2,1-2H3. The first-order valence-electron chi connectivity index (χ1n) is 10.3. The maximum atomic E-state index is 13.2. The highest BCUT2D eigenvalue weighted by atomic mass is 32.2. The van der Waals surface area contributed by atoms with Crippen LogP contribution in [-0.2, 0) is 19.4 Å². The van der Waals surface area contributed by atoms with Gasteiger partial charge in [-0.25, -0.2) is 4.98 Å². The highest BCUT2D eigenvalue weighted by Gasteiger charge is 2.24. The van der Waals surface area contributed by atoms with Crippen molar-refractivity contribution in [2.24, 2.45) is 5.92 Å². The molecule has 0 amide bonds. The fourth-order valence-electron chi connectivity index (χ4n) is 3.96. The summed E-state index contributed by atoms with van der Waals surface area (Å²) in [4.78, 5) is 32.6. The molecule has 1 aromatic carbocycles. The van der Waals surface area contributed by atoms with Gasteiger partial charge in [-0.05, 0) is 44.1 Å². The Bertz CT molecular complexity index is 1090. The van der Waals surface area contributed by atoms with Crippen molar-refractivity contribution in [2.75, 3.05) is 5.75 Å². The van der Waals surface area contributed by atoms with E-state index in [0.717, 1.165) is 52.4 Å². The predicted octanol–water partition coefficient (Wildman–Crippen LogP) is 5.36. The Kier molecular flexibility index (Phi) is 6.20. The molecule has 0 fully saturated rings. The van der Waals surface area contributed by atoms with Crippen LogP contribution in [0.15, 0.2) is 40.3 Å². The fraction of sp³-hybridized carbons (Fsp3) is 0.435. The number of benzene rings is 1. The van der Waals surface area contributed by atoms with Crippen LogP contribution in [0.1, 0.15) is 53.9 Å². The Morgan fingerprint density at radius 1 is 1.31 bits per heavy atom. The average Bonchev–Trinajstić information content (AvgIpc) is 3.09. The zero-order valence-electron chi connectivity index (χ0n) is 16.9. The second kappa shape index (κ2) is 8.84. The lowest BCUT2D eigenvalue weighted by Crippen LogP contribution is -2.23. The normalized spacial score (nSPS) is 16.1. The molecule has 0 saturated carbocycles. The number of aromatic nitrogens is 2. The largest absolute Gasteiger partial charge is 0.294 e. The Labute approximate surface area is 179 Å². The van der Waals surface area contributed by atoms with Crippen molar-refractivity contribution in [2.45, 2.75) is 57.7 Å². The van der Waals surface area contributed by atoms with E-state index in [-0.39, 0.29) is 11.3 Å². The van der Waals surface area contributed by atoms with Gasteiger partial charge in [-0.3, -0.25) is 14.2 Å². The molecule has 1 unspecified atom stereocenters. The van der Waals surface area contributed by atoms with Crippen molar-refractivity contribution >= 4 is 39.1 Å². The lowest BCUT2D eigenvalue weighted by atomic mass is 9.89. The van der Waals surface area contributed by atoms with Gasteiger partial charge in [-0.15, -0.1) is 11.3 Å². The third-order valence-corrected chi connectivity index (χ3v) is 7.78. The number of carbonyl (C=O) groups excluding carboxylic acids is 1. The quantitative estimate of drug-likeness (QED) is 0.221. The number of fused-ring (bicyclic) bond motifs is 3. The van der Waals surface area contributed by atoms with E-state index < -0.39 is 0 Å². The van der Waals surface area contributed by atoms with E-state index in [4.69, 9.17) is 4.98 Å². The Morgan fingerprint density at radius 3 is 2.86 bits per heavy atom. The molecule has 4 nitrogen and oxygen atoms in total. The number of hydrogen-bond donors (Lipinski definition) is 0. The fourth-order valence-corrected chi connectivity index (χ4v) is 6.38. The summed E-state index contributed by atoms with van der Waals surface area (Å²) in [5.74, 6) is 1.63. The molecule has 0 spiro atoms. The molecule has 1 aliphatic carbocycles. The van der Waals surface area contributed by atoms with Crippen molar-refractivity contribution in [3.8, 4) is 0 Å². The first-order chi connectivity index (χ1) is 14.1. The van der Waals surface area contributed by atoms with Crippen molar-refractivity contribution in [1.82, 2.24) is 9.55 Å². The number of nitrogens with zero attached hydrogens (tertiary/aromatic N) is 2. The Morgan fingerprint density at radius 2 is 2.10 bits per heavy atom. The van der Waals surface area contributed by atoms with Crippen LogP contribution in [0.3, 0.4) is 0 Å². The second-order valence-corrected chi connectivity index (χ2v) is 9.86. The van der Waals surface area contributed by atoms with Crippen LogP contribution < -0.4 is 5.56 Å². The highest BCUT2D eigenvalue weighted by molar-refractivity contribution is 7.99. The number of aryl methyl sites for hydroxylation is 1. The van der Waals surface area contributed by atoms with Crippen molar-refractivity contribution in [3.63, 3.8) is 0 Å². The molecule has 0 saturated heterocycles. The van der Waals surface area contributed by atoms with Crippen molar-refractivity contribution in [3.05, 3.63) is 56.7 Å². The minimum Gasteiger partial charge on any atom is -0.294 e. The molecule has 1 atom stereocenters. The van der Waals surface area contributed by atoms with Crippen LogP contribution in [0.5, 0.6) is 0 Å². The molecular weight excluding hydrogens is 400 g/mol. The topological polar surface area (TPSA) is 52.0 Å². The van der Waals surface area contributed by atoms with Gasteiger partial charge < -0.3 is 0 Å². The number of carbonyl (C=O) groups is 1. The summed E-state index contributed by atoms with van der Waals surface area (Å²) in [6, 6.07) is 9.42. The van der Waals surface area contributed by atoms with Gasteiger partial charge in [0.1, 0.15) is 4.83 Å². The van der Waals surface area contributed by atoms with Gasteiger partial charge in [0.05, 0.1) is 5.39 Å². The monoisotopic (exact) mass is 426 g/mol. The first kappa shape index (κ1) is 20.4. The van der Waals surface area contributed by atoms with Gasteiger partial charge in [-0.1, -0.05) is 49.0 Å². The third-order valence-electron chi connectivity index (χ3n) is 5.57. The zero-order chi connectivity index (χ0) is 20.4. The molecule has 2 heterocycles. The molecule has 0 N–H and O–H groups in total. The van der Waals surface area contributed by atoms with Crippen LogP contribution in [0.4, 0.5) is 0 Å². The van der Waals surface area contributed by atoms with E-state index in [1.54, 1.807) is 27.7 Å². The van der Waals surface area contributed by atoms with Crippen LogP contribution >= 0.6 is 23.1 Å². The Balaban J connectivity index is 1.50. The molecule has 6 heteroatoms. The maximum Gasteiger partial charge on any atom is 0.263 e. The molecule has 1 aliphatic rings. The van der Waals surface area contributed by atoms with Gasteiger partial charge >= 0.3 is 0 Å². The smallest absolute Gasteiger partial charge is 0.263 e. The van der Waals surface area contributed by atoms with Crippen LogP contribution in [-0.4, -0.2) is 21.1 Å². The van der Waals surface area contributed by atoms with Gasteiger partial charge in [0.25, 0.3) is 5.56 Å². The van der Waals surface area contributed by atoms with Crippen LogP contribution in [0.25, 0.3) is 10.2 Å². The molecule has 29 heavy (non-hydrogen) atoms. The van der Waals surface area contributed by atoms with Crippen LogP contribution in [0.2, 0.25) is 0 Å². The maximum absolute atomic E-state index is 13.2. The van der Waals surface area contributed by atoms with Crippen molar-refractivity contribution < 1.29 is 4.79 Å². The molecule has 152 valence electrons. The summed E-state index contributed by atoms with van der Waals surface area (Å²) in [5.41, 5.74) is 2.11. The van der Waals surface area contributed by atoms with Gasteiger partial charge in [0, 0.05) is 29.2 Å². The van der Waals surface area contributed by atoms with E-state index in [1.807, 2.05) is 37.3 Å². The van der Waals surface area contributed by atoms with Gasteiger partial charge in [0.2, 0.25) is 0 Å². The molecule has 0 aliphatic heterocycles. The molecule has 2 aromatic heterocycles. The number of hydrogen-bond acceptors (Lipinski definition) is 5. The minimum atomic E-state index is 0.104. The second-order valence-electron chi connectivity index (χ2n) is 7.72. The van der Waals surface area contributed by atoms with Gasteiger partial charge in [-0.2, -0.15) is 0 Å². The summed E-state index contributed by atoms with van der Waals surface area (Å²) in [6.07, 6.45) is 4.49. The van der Waals surface area contributed by atoms with E-state index in [9.17, 15) is 9.59 Å². The van der Waals surface area contributed by atoms with E-state index in [1.165, 1.54) is 10.4 Å². The number of thiophene rings is 1. The third kappa shape index (κ3) is 4.19. The molecule has 3 aromatic rings. The Hall–Kier alpha value is -1.92. The number of Topliss-reactive ketones (excluding diaryl/α,β-unsaturated/α-hetero) is 1. The summed E-state index contributed by atoms with van der Waals surface area (Å²) in [5, 5.41) is 1.63. The summed E-state index contributed by atoms with van der Waals surface area (Å²) in [7, 11) is 0. The lowest BCUT2D eigenvalue weighted by Gasteiger charge is -2.17. The molecule has 0 bridgehead atoms. The minimum absolute atomic E-state index is 0.104.